The van der Waals surface area contributed by atoms with E-state index in [1.807, 2.05) is 54.8 Å². The summed E-state index contributed by atoms with van der Waals surface area (Å²) in [4.78, 5) is 18.8. The van der Waals surface area contributed by atoms with E-state index < -0.39 is 0 Å². The molecule has 0 spiro atoms. The van der Waals surface area contributed by atoms with Crippen molar-refractivity contribution in [2.45, 2.75) is 20.4 Å². The molecule has 0 bridgehead atoms. The molecule has 0 radical (unpaired) electrons. The van der Waals surface area contributed by atoms with Crippen LogP contribution in [0.5, 0.6) is 11.5 Å². The van der Waals surface area contributed by atoms with Gasteiger partial charge in [0.15, 0.2) is 11.5 Å². The van der Waals surface area contributed by atoms with E-state index in [9.17, 15) is 4.79 Å². The fourth-order valence-electron chi connectivity index (χ4n) is 2.81. The number of pyridine rings is 1. The van der Waals surface area contributed by atoms with Gasteiger partial charge in [0.05, 0.1) is 13.7 Å². The van der Waals surface area contributed by atoms with E-state index in [0.717, 1.165) is 16.8 Å². The maximum atomic E-state index is 12.7. The van der Waals surface area contributed by atoms with Crippen molar-refractivity contribution in [1.29, 1.82) is 0 Å². The largest absolute Gasteiger partial charge is 0.493 e. The van der Waals surface area contributed by atoms with Gasteiger partial charge < -0.3 is 18.8 Å². The van der Waals surface area contributed by atoms with Crippen LogP contribution in [0.4, 0.5) is 0 Å². The number of hydrogen-bond acceptors (Lipinski definition) is 4. The van der Waals surface area contributed by atoms with Crippen LogP contribution in [0.2, 0.25) is 0 Å². The fourth-order valence-corrected chi connectivity index (χ4v) is 2.81. The van der Waals surface area contributed by atoms with Crippen LogP contribution >= 0.6 is 0 Å². The van der Waals surface area contributed by atoms with Gasteiger partial charge in [-0.3, -0.25) is 4.79 Å². The zero-order chi connectivity index (χ0) is 18.7. The van der Waals surface area contributed by atoms with Crippen molar-refractivity contribution in [3.05, 3.63) is 59.5 Å². The van der Waals surface area contributed by atoms with Crippen LogP contribution in [0.25, 0.3) is 5.65 Å². The van der Waals surface area contributed by atoms with Gasteiger partial charge in [-0.15, -0.1) is 0 Å². The van der Waals surface area contributed by atoms with Crippen LogP contribution < -0.4 is 9.47 Å². The molecule has 0 aliphatic heterocycles. The number of carbonyl (C=O) groups is 1. The minimum atomic E-state index is -0.126. The Morgan fingerprint density at radius 1 is 1.23 bits per heavy atom. The van der Waals surface area contributed by atoms with Crippen molar-refractivity contribution < 1.29 is 14.3 Å². The minimum Gasteiger partial charge on any atom is -0.493 e. The van der Waals surface area contributed by atoms with Crippen molar-refractivity contribution >= 4 is 11.6 Å². The molecule has 2 heterocycles. The van der Waals surface area contributed by atoms with Crippen LogP contribution in [0.3, 0.4) is 0 Å². The summed E-state index contributed by atoms with van der Waals surface area (Å²) in [6, 6.07) is 9.63. The molecule has 3 rings (SSSR count). The van der Waals surface area contributed by atoms with E-state index >= 15 is 0 Å². The van der Waals surface area contributed by atoms with Gasteiger partial charge in [0.2, 0.25) is 0 Å². The quantitative estimate of drug-likeness (QED) is 0.682. The van der Waals surface area contributed by atoms with Crippen LogP contribution in [0.1, 0.15) is 28.5 Å². The van der Waals surface area contributed by atoms with Gasteiger partial charge in [-0.05, 0) is 49.2 Å². The average Bonchev–Trinajstić information content (AvgIpc) is 3.05. The highest BCUT2D eigenvalue weighted by atomic mass is 16.5. The molecular weight excluding hydrogens is 330 g/mol. The van der Waals surface area contributed by atoms with E-state index in [-0.39, 0.29) is 5.91 Å². The molecule has 1 aromatic carbocycles. The number of methoxy groups -OCH3 is 1. The van der Waals surface area contributed by atoms with Gasteiger partial charge in [0.25, 0.3) is 5.91 Å². The lowest BCUT2D eigenvalue weighted by Crippen LogP contribution is -2.26. The maximum absolute atomic E-state index is 12.7. The lowest BCUT2D eigenvalue weighted by Gasteiger charge is -2.17. The number of ether oxygens (including phenoxy) is 2. The molecule has 0 saturated carbocycles. The van der Waals surface area contributed by atoms with Gasteiger partial charge in [-0.25, -0.2) is 4.98 Å². The third kappa shape index (κ3) is 3.64. The third-order valence-corrected chi connectivity index (χ3v) is 4.13. The van der Waals surface area contributed by atoms with E-state index in [2.05, 4.69) is 4.98 Å². The normalized spacial score (nSPS) is 10.8. The Morgan fingerprint density at radius 3 is 2.77 bits per heavy atom. The van der Waals surface area contributed by atoms with Crippen molar-refractivity contribution in [3.8, 4) is 11.5 Å². The summed E-state index contributed by atoms with van der Waals surface area (Å²) in [5.74, 6) is 1.23. The molecule has 0 fully saturated rings. The van der Waals surface area contributed by atoms with Crippen molar-refractivity contribution in [3.63, 3.8) is 0 Å². The number of fused-ring (bicyclic) bond motifs is 1. The first-order valence-electron chi connectivity index (χ1n) is 8.52. The highest BCUT2D eigenvalue weighted by Gasteiger charge is 2.17. The smallest absolute Gasteiger partial charge is 0.274 e. The molecular formula is C20H23N3O3. The Balaban J connectivity index is 1.77. The minimum absolute atomic E-state index is 0.126. The number of carbonyl (C=O) groups excluding carboxylic acids is 1. The number of aromatic nitrogens is 2. The predicted molar refractivity (Wildman–Crippen MR) is 99.9 cm³/mol. The fraction of sp³-hybridized carbons (Fsp3) is 0.300. The number of benzene rings is 1. The van der Waals surface area contributed by atoms with E-state index in [4.69, 9.17) is 9.47 Å². The monoisotopic (exact) mass is 353 g/mol. The second-order valence-corrected chi connectivity index (χ2v) is 6.18. The zero-order valence-corrected chi connectivity index (χ0v) is 15.5. The zero-order valence-electron chi connectivity index (χ0n) is 15.5. The predicted octanol–water partition coefficient (Wildman–Crippen LogP) is 3.32. The lowest BCUT2D eigenvalue weighted by atomic mass is 10.2. The molecule has 0 N–H and O–H groups in total. The molecule has 136 valence electrons. The maximum Gasteiger partial charge on any atom is 0.274 e. The van der Waals surface area contributed by atoms with Crippen LogP contribution in [-0.4, -0.2) is 41.0 Å². The van der Waals surface area contributed by atoms with Gasteiger partial charge in [0, 0.05) is 26.0 Å². The van der Waals surface area contributed by atoms with Crippen molar-refractivity contribution in [2.24, 2.45) is 0 Å². The SMILES string of the molecule is CCOc1ccc(CN(C)C(=O)c2cn3ccc(C)cc3n2)cc1OC. The average molecular weight is 353 g/mol. The van der Waals surface area contributed by atoms with Crippen molar-refractivity contribution in [2.75, 3.05) is 20.8 Å². The summed E-state index contributed by atoms with van der Waals surface area (Å²) >= 11 is 0. The highest BCUT2D eigenvalue weighted by molar-refractivity contribution is 5.92. The summed E-state index contributed by atoms with van der Waals surface area (Å²) in [6.07, 6.45) is 3.66. The second kappa shape index (κ2) is 7.47. The number of aryl methyl sites for hydroxylation is 1. The first kappa shape index (κ1) is 17.8. The van der Waals surface area contributed by atoms with E-state index in [1.54, 1.807) is 25.3 Å². The second-order valence-electron chi connectivity index (χ2n) is 6.18. The molecule has 6 nitrogen and oxygen atoms in total. The number of hydrogen-bond donors (Lipinski definition) is 0. The third-order valence-electron chi connectivity index (χ3n) is 4.13. The lowest BCUT2D eigenvalue weighted by molar-refractivity contribution is 0.0780. The van der Waals surface area contributed by atoms with Crippen LogP contribution in [0.15, 0.2) is 42.7 Å². The van der Waals surface area contributed by atoms with Gasteiger partial charge in [-0.2, -0.15) is 0 Å². The molecule has 1 amide bonds. The number of imidazole rings is 1. The summed E-state index contributed by atoms with van der Waals surface area (Å²) in [6.45, 7) is 4.95. The van der Waals surface area contributed by atoms with Crippen LogP contribution in [0, 0.1) is 6.92 Å². The summed E-state index contributed by atoms with van der Waals surface area (Å²) < 4.78 is 12.8. The van der Waals surface area contributed by atoms with Crippen LogP contribution in [-0.2, 0) is 6.54 Å². The molecule has 3 aromatic rings. The number of rotatable bonds is 6. The summed E-state index contributed by atoms with van der Waals surface area (Å²) in [5.41, 5.74) is 3.26. The molecule has 6 heteroatoms. The molecule has 0 saturated heterocycles. The highest BCUT2D eigenvalue weighted by Crippen LogP contribution is 2.28. The topological polar surface area (TPSA) is 56.1 Å². The molecule has 0 unspecified atom stereocenters. The first-order valence-corrected chi connectivity index (χ1v) is 8.52. The Morgan fingerprint density at radius 2 is 2.04 bits per heavy atom. The Kier molecular flexibility index (Phi) is 5.11. The Bertz CT molecular complexity index is 933. The Hall–Kier alpha value is -3.02. The van der Waals surface area contributed by atoms with Gasteiger partial charge in [0.1, 0.15) is 11.3 Å². The van der Waals surface area contributed by atoms with Crippen molar-refractivity contribution in [1.82, 2.24) is 14.3 Å². The van der Waals surface area contributed by atoms with Gasteiger partial charge in [-0.1, -0.05) is 6.07 Å². The molecule has 0 aliphatic carbocycles. The number of nitrogens with zero attached hydrogens (tertiary/aromatic N) is 3. The molecule has 0 atom stereocenters. The van der Waals surface area contributed by atoms with E-state index in [1.165, 1.54) is 0 Å². The Labute approximate surface area is 153 Å². The first-order chi connectivity index (χ1) is 12.5. The number of amides is 1. The summed E-state index contributed by atoms with van der Waals surface area (Å²) in [7, 11) is 3.37. The standard InChI is InChI=1S/C20H23N3O3/c1-5-26-17-7-6-15(11-18(17)25-4)12-22(3)20(24)16-13-23-9-8-14(2)10-19(23)21-16/h6-11,13H,5,12H2,1-4H3. The molecule has 0 aliphatic rings. The summed E-state index contributed by atoms with van der Waals surface area (Å²) in [5, 5.41) is 0. The molecule has 2 aromatic heterocycles. The molecule has 26 heavy (non-hydrogen) atoms. The van der Waals surface area contributed by atoms with Gasteiger partial charge >= 0.3 is 0 Å². The van der Waals surface area contributed by atoms with E-state index in [0.29, 0.717) is 30.3 Å².